The van der Waals surface area contributed by atoms with Crippen LogP contribution >= 0.6 is 0 Å². The average molecular weight is 314 g/mol. The molecule has 1 heterocycles. The van der Waals surface area contributed by atoms with Gasteiger partial charge < -0.3 is 19.9 Å². The molecule has 1 aliphatic rings. The predicted octanol–water partition coefficient (Wildman–Crippen LogP) is 2.14. The highest BCUT2D eigenvalue weighted by Gasteiger charge is 2.24. The van der Waals surface area contributed by atoms with Crippen LogP contribution in [-0.4, -0.2) is 33.8 Å². The van der Waals surface area contributed by atoms with Gasteiger partial charge in [0.05, 0.1) is 0 Å². The van der Waals surface area contributed by atoms with Crippen molar-refractivity contribution in [1.82, 2.24) is 9.79 Å². The number of aromatic nitrogens is 1. The van der Waals surface area contributed by atoms with Crippen LogP contribution in [0.4, 0.5) is 0 Å². The first kappa shape index (κ1) is 16.1. The van der Waals surface area contributed by atoms with Gasteiger partial charge in [-0.1, -0.05) is 24.6 Å². The third kappa shape index (κ3) is 3.59. The standard InChI is InChI=1S/C17H23BN2O3/c1-18(23)19-15(17(21)22)9-13-11-20(10-12-5-4-6-12)16-8-3-2-7-14(13)16/h2-3,7-8,11-12,15,19,23H,4-6,9-10H2,1H3,(H,21,22)/t15-/m1/s1. The van der Waals surface area contributed by atoms with Crippen molar-refractivity contribution in [3.8, 4) is 0 Å². The molecule has 3 N–H and O–H groups in total. The van der Waals surface area contributed by atoms with Gasteiger partial charge in [-0.3, -0.25) is 4.79 Å². The predicted molar refractivity (Wildman–Crippen MR) is 91.4 cm³/mol. The first-order valence-electron chi connectivity index (χ1n) is 8.28. The Labute approximate surface area is 136 Å². The Morgan fingerprint density at radius 2 is 2.17 bits per heavy atom. The van der Waals surface area contributed by atoms with Crippen LogP contribution in [0.1, 0.15) is 24.8 Å². The fourth-order valence-corrected chi connectivity index (χ4v) is 3.32. The maximum absolute atomic E-state index is 11.4. The van der Waals surface area contributed by atoms with Crippen LogP contribution in [0.15, 0.2) is 30.5 Å². The van der Waals surface area contributed by atoms with E-state index < -0.39 is 19.1 Å². The van der Waals surface area contributed by atoms with Gasteiger partial charge in [0.2, 0.25) is 0 Å². The number of hydrogen-bond donors (Lipinski definition) is 3. The minimum Gasteiger partial charge on any atom is -0.480 e. The lowest BCUT2D eigenvalue weighted by atomic mass is 9.85. The van der Waals surface area contributed by atoms with Crippen LogP contribution in [-0.2, 0) is 17.8 Å². The maximum atomic E-state index is 11.4. The largest absolute Gasteiger partial charge is 0.480 e. The van der Waals surface area contributed by atoms with Gasteiger partial charge in [-0.2, -0.15) is 0 Å². The highest BCUT2D eigenvalue weighted by Crippen LogP contribution is 2.31. The fourth-order valence-electron chi connectivity index (χ4n) is 3.32. The van der Waals surface area contributed by atoms with Gasteiger partial charge in [0.1, 0.15) is 6.04 Å². The molecule has 2 aromatic rings. The monoisotopic (exact) mass is 314 g/mol. The van der Waals surface area contributed by atoms with E-state index in [0.29, 0.717) is 6.42 Å². The second-order valence-electron chi connectivity index (χ2n) is 6.56. The van der Waals surface area contributed by atoms with Crippen molar-refractivity contribution >= 4 is 23.9 Å². The minimum absolute atomic E-state index is 0.360. The average Bonchev–Trinajstić information content (AvgIpc) is 2.80. The summed E-state index contributed by atoms with van der Waals surface area (Å²) in [4.78, 5) is 11.4. The molecule has 6 heteroatoms. The third-order valence-electron chi connectivity index (χ3n) is 4.72. The number of nitrogens with one attached hydrogen (secondary N) is 1. The van der Waals surface area contributed by atoms with Crippen LogP contribution in [0.5, 0.6) is 0 Å². The Morgan fingerprint density at radius 3 is 2.78 bits per heavy atom. The summed E-state index contributed by atoms with van der Waals surface area (Å²) in [6, 6.07) is 7.35. The van der Waals surface area contributed by atoms with Crippen LogP contribution < -0.4 is 5.23 Å². The number of carbonyl (C=O) groups is 1. The molecule has 1 atom stereocenters. The number of carboxylic acids is 1. The Bertz CT molecular complexity index is 694. The second kappa shape index (κ2) is 6.77. The van der Waals surface area contributed by atoms with Gasteiger partial charge in [-0.15, -0.1) is 0 Å². The van der Waals surface area contributed by atoms with E-state index in [1.54, 1.807) is 0 Å². The van der Waals surface area contributed by atoms with Gasteiger partial charge in [-0.05, 0) is 43.6 Å². The van der Waals surface area contributed by atoms with Crippen molar-refractivity contribution in [2.75, 3.05) is 0 Å². The fraction of sp³-hybridized carbons (Fsp3) is 0.471. The number of nitrogens with zero attached hydrogens (tertiary/aromatic N) is 1. The van der Waals surface area contributed by atoms with Gasteiger partial charge in [0.25, 0.3) is 0 Å². The molecule has 0 bridgehead atoms. The molecule has 0 amide bonds. The molecule has 23 heavy (non-hydrogen) atoms. The Balaban J connectivity index is 1.88. The summed E-state index contributed by atoms with van der Waals surface area (Å²) in [7, 11) is -0.848. The Hall–Kier alpha value is -1.79. The quantitative estimate of drug-likeness (QED) is 0.685. The van der Waals surface area contributed by atoms with E-state index >= 15 is 0 Å². The van der Waals surface area contributed by atoms with Crippen LogP contribution in [0.25, 0.3) is 10.9 Å². The number of aliphatic carboxylic acids is 1. The van der Waals surface area contributed by atoms with E-state index in [9.17, 15) is 14.9 Å². The van der Waals surface area contributed by atoms with E-state index in [-0.39, 0.29) is 0 Å². The topological polar surface area (TPSA) is 74.5 Å². The van der Waals surface area contributed by atoms with Crippen molar-refractivity contribution in [2.45, 2.75) is 45.1 Å². The SMILES string of the molecule is CB(O)N[C@H](Cc1cn(CC2CCC2)c2ccccc12)C(=O)O. The zero-order chi connectivity index (χ0) is 16.4. The lowest BCUT2D eigenvalue weighted by molar-refractivity contribution is -0.139. The van der Waals surface area contributed by atoms with Gasteiger partial charge in [-0.25, -0.2) is 0 Å². The molecule has 0 spiro atoms. The first-order chi connectivity index (χ1) is 11.0. The summed E-state index contributed by atoms with van der Waals surface area (Å²) < 4.78 is 2.26. The second-order valence-corrected chi connectivity index (χ2v) is 6.56. The smallest absolute Gasteiger partial charge is 0.374 e. The summed E-state index contributed by atoms with van der Waals surface area (Å²) in [6.07, 6.45) is 6.32. The van der Waals surface area contributed by atoms with Crippen molar-refractivity contribution < 1.29 is 14.9 Å². The molecule has 1 saturated carbocycles. The number of hydrogen-bond acceptors (Lipinski definition) is 3. The summed E-state index contributed by atoms with van der Waals surface area (Å²) >= 11 is 0. The molecule has 3 rings (SSSR count). The zero-order valence-electron chi connectivity index (χ0n) is 13.4. The summed E-state index contributed by atoms with van der Waals surface area (Å²) in [5.41, 5.74) is 2.18. The van der Waals surface area contributed by atoms with Gasteiger partial charge in [0, 0.05) is 23.6 Å². The van der Waals surface area contributed by atoms with Crippen LogP contribution in [0.2, 0.25) is 6.82 Å². The molecule has 5 nitrogen and oxygen atoms in total. The van der Waals surface area contributed by atoms with Gasteiger partial charge in [0.15, 0.2) is 0 Å². The molecule has 0 unspecified atom stereocenters. The van der Waals surface area contributed by atoms with E-state index in [1.807, 2.05) is 18.2 Å². The molecule has 0 saturated heterocycles. The zero-order valence-corrected chi connectivity index (χ0v) is 13.4. The highest BCUT2D eigenvalue weighted by molar-refractivity contribution is 6.46. The molecule has 1 aliphatic carbocycles. The number of benzene rings is 1. The summed E-state index contributed by atoms with van der Waals surface area (Å²) in [5, 5.41) is 22.6. The number of rotatable bonds is 7. The van der Waals surface area contributed by atoms with Crippen LogP contribution in [0.3, 0.4) is 0 Å². The molecular formula is C17H23BN2O3. The summed E-state index contributed by atoms with van der Waals surface area (Å²) in [5.74, 6) is -0.203. The molecule has 0 radical (unpaired) electrons. The van der Waals surface area contributed by atoms with Crippen molar-refractivity contribution in [2.24, 2.45) is 5.92 Å². The number of carboxylic acid groups (broad SMARTS) is 1. The van der Waals surface area contributed by atoms with E-state index in [2.05, 4.69) is 22.1 Å². The van der Waals surface area contributed by atoms with E-state index in [1.165, 1.54) is 26.1 Å². The minimum atomic E-state index is -0.943. The molecule has 0 aliphatic heterocycles. The van der Waals surface area contributed by atoms with Crippen molar-refractivity contribution in [3.63, 3.8) is 0 Å². The Morgan fingerprint density at radius 1 is 1.43 bits per heavy atom. The molecule has 1 fully saturated rings. The van der Waals surface area contributed by atoms with Gasteiger partial charge >= 0.3 is 13.0 Å². The van der Waals surface area contributed by atoms with E-state index in [0.717, 1.165) is 28.9 Å². The molecule has 1 aromatic carbocycles. The third-order valence-corrected chi connectivity index (χ3v) is 4.72. The molecule has 1 aromatic heterocycles. The van der Waals surface area contributed by atoms with Crippen molar-refractivity contribution in [1.29, 1.82) is 0 Å². The highest BCUT2D eigenvalue weighted by atomic mass is 16.4. The first-order valence-corrected chi connectivity index (χ1v) is 8.28. The summed E-state index contributed by atoms with van der Waals surface area (Å²) in [6.45, 7) is 2.54. The van der Waals surface area contributed by atoms with Crippen molar-refractivity contribution in [3.05, 3.63) is 36.0 Å². The lowest BCUT2D eigenvalue weighted by Crippen LogP contribution is -2.46. The lowest BCUT2D eigenvalue weighted by Gasteiger charge is -2.26. The molecule has 122 valence electrons. The normalized spacial score (nSPS) is 16.3. The number of fused-ring (bicyclic) bond motifs is 1. The van der Waals surface area contributed by atoms with E-state index in [4.69, 9.17) is 0 Å². The Kier molecular flexibility index (Phi) is 4.73. The molecular weight excluding hydrogens is 291 g/mol. The maximum Gasteiger partial charge on any atom is 0.374 e. The number of para-hydroxylation sites is 1. The van der Waals surface area contributed by atoms with Crippen LogP contribution in [0, 0.1) is 5.92 Å².